The fourth-order valence-corrected chi connectivity index (χ4v) is 6.07. The van der Waals surface area contributed by atoms with Crippen LogP contribution in [0, 0.1) is 12.7 Å². The van der Waals surface area contributed by atoms with E-state index in [1.165, 1.54) is 37.1 Å². The number of carbonyl (C=O) groups is 1. The Morgan fingerprint density at radius 1 is 1.21 bits per heavy atom. The zero-order chi connectivity index (χ0) is 30.5. The van der Waals surface area contributed by atoms with Crippen molar-refractivity contribution in [2.45, 2.75) is 55.3 Å². The summed E-state index contributed by atoms with van der Waals surface area (Å²) in [7, 11) is 1.54. The van der Waals surface area contributed by atoms with Crippen LogP contribution in [0.15, 0.2) is 77.8 Å². The lowest BCUT2D eigenvalue weighted by Crippen LogP contribution is -2.45. The molecule has 1 aliphatic rings. The van der Waals surface area contributed by atoms with Gasteiger partial charge in [0, 0.05) is 28.2 Å². The largest absolute Gasteiger partial charge is 0.478 e. The summed E-state index contributed by atoms with van der Waals surface area (Å²) in [6.07, 6.45) is -0.322. The van der Waals surface area contributed by atoms with Gasteiger partial charge in [-0.15, -0.1) is 5.10 Å². The van der Waals surface area contributed by atoms with Gasteiger partial charge in [0.25, 0.3) is 0 Å². The first-order chi connectivity index (χ1) is 20.7. The highest BCUT2D eigenvalue weighted by Crippen LogP contribution is 2.36. The van der Waals surface area contributed by atoms with E-state index in [0.29, 0.717) is 26.7 Å². The molecule has 43 heavy (non-hydrogen) atoms. The monoisotopic (exact) mass is 627 g/mol. The molecule has 5 rings (SSSR count). The van der Waals surface area contributed by atoms with Crippen molar-refractivity contribution >= 4 is 29.3 Å². The van der Waals surface area contributed by atoms with Gasteiger partial charge < -0.3 is 24.1 Å². The first kappa shape index (κ1) is 31.1. The summed E-state index contributed by atoms with van der Waals surface area (Å²) in [6.45, 7) is 4.03. The first-order valence-electron chi connectivity index (χ1n) is 13.6. The number of rotatable bonds is 11. The Labute approximate surface area is 257 Å². The number of carboxylic acid groups (broad SMARTS) is 1. The summed E-state index contributed by atoms with van der Waals surface area (Å²) in [5.41, 5.74) is 1.86. The molecule has 0 amide bonds. The van der Waals surface area contributed by atoms with Gasteiger partial charge in [0.1, 0.15) is 29.2 Å². The van der Waals surface area contributed by atoms with E-state index in [4.69, 9.17) is 30.5 Å². The van der Waals surface area contributed by atoms with Crippen molar-refractivity contribution in [3.8, 4) is 11.3 Å². The number of aryl methyl sites for hydroxylation is 1. The summed E-state index contributed by atoms with van der Waals surface area (Å²) in [4.78, 5) is 12.4. The maximum Gasteiger partial charge on any atom is 0.336 e. The van der Waals surface area contributed by atoms with E-state index < -0.39 is 29.9 Å². The van der Waals surface area contributed by atoms with Crippen LogP contribution in [-0.4, -0.2) is 63.5 Å². The van der Waals surface area contributed by atoms with E-state index in [1.807, 2.05) is 37.3 Å². The fraction of sp³-hybridized carbons (Fsp3) is 0.323. The number of nitrogens with zero attached hydrogens (tertiary/aromatic N) is 3. The topological polar surface area (TPSA) is 105 Å². The molecule has 0 aliphatic carbocycles. The molecule has 0 saturated carbocycles. The maximum absolute atomic E-state index is 14.2. The van der Waals surface area contributed by atoms with Crippen molar-refractivity contribution in [2.75, 3.05) is 13.7 Å². The van der Waals surface area contributed by atoms with Crippen molar-refractivity contribution in [1.29, 1.82) is 0 Å². The Kier molecular flexibility index (Phi) is 10.1. The van der Waals surface area contributed by atoms with Crippen molar-refractivity contribution in [3.05, 3.63) is 100 Å². The van der Waals surface area contributed by atoms with Crippen molar-refractivity contribution < 1.29 is 33.2 Å². The molecule has 5 atom stereocenters. The highest BCUT2D eigenvalue weighted by Gasteiger charge is 2.36. The summed E-state index contributed by atoms with van der Waals surface area (Å²) in [5.74, 6) is -1.43. The van der Waals surface area contributed by atoms with Crippen molar-refractivity contribution in [3.63, 3.8) is 0 Å². The second-order valence-electron chi connectivity index (χ2n) is 10.1. The Morgan fingerprint density at radius 3 is 2.70 bits per heavy atom. The van der Waals surface area contributed by atoms with E-state index >= 15 is 0 Å². The molecule has 9 nitrogen and oxygen atoms in total. The summed E-state index contributed by atoms with van der Waals surface area (Å²) in [5, 5.41) is 18.6. The third-order valence-electron chi connectivity index (χ3n) is 7.05. The zero-order valence-electron chi connectivity index (χ0n) is 23.7. The Balaban J connectivity index is 1.38. The van der Waals surface area contributed by atoms with Gasteiger partial charge in [-0.2, -0.15) is 0 Å². The maximum atomic E-state index is 14.2. The zero-order valence-corrected chi connectivity index (χ0v) is 25.3. The Morgan fingerprint density at radius 2 is 2.00 bits per heavy atom. The van der Waals surface area contributed by atoms with Crippen LogP contribution in [0.1, 0.15) is 34.7 Å². The molecule has 1 aliphatic heterocycles. The molecule has 0 spiro atoms. The van der Waals surface area contributed by atoms with Crippen molar-refractivity contribution in [2.24, 2.45) is 0 Å². The second-order valence-corrected chi connectivity index (χ2v) is 11.7. The number of benzene rings is 3. The molecule has 3 aromatic carbocycles. The highest BCUT2D eigenvalue weighted by molar-refractivity contribution is 8.00. The summed E-state index contributed by atoms with van der Waals surface area (Å²) < 4.78 is 40.3. The molecule has 1 saturated heterocycles. The number of carboxylic acids is 1. The first-order valence-corrected chi connectivity index (χ1v) is 14.8. The van der Waals surface area contributed by atoms with Crippen LogP contribution in [0.2, 0.25) is 5.02 Å². The van der Waals surface area contributed by atoms with Gasteiger partial charge in [-0.25, -0.2) is 13.9 Å². The Bertz CT molecular complexity index is 1560. The van der Waals surface area contributed by atoms with Crippen LogP contribution >= 0.6 is 23.4 Å². The molecular formula is C31H31ClFN3O6S. The minimum absolute atomic E-state index is 0.0793. The summed E-state index contributed by atoms with van der Waals surface area (Å²) >= 11 is 7.43. The molecule has 0 radical (unpaired) electrons. The second kappa shape index (κ2) is 14.0. The molecule has 1 fully saturated rings. The number of methoxy groups -OCH3 is 1. The van der Waals surface area contributed by atoms with Crippen LogP contribution in [0.4, 0.5) is 4.39 Å². The predicted molar refractivity (Wildman–Crippen MR) is 160 cm³/mol. The lowest BCUT2D eigenvalue weighted by Gasteiger charge is -2.38. The SMILES string of the molecule is CO[C@@H](Cn1cc(-c2ccc(C)c(F)c2)nn1)C(OC1COC(c2ccccc2)O[C@@H]1C)Sc1cc(Cl)ccc1C(=O)O. The molecule has 1 aromatic heterocycles. The number of ether oxygens (including phenoxy) is 4. The number of hydrogen-bond donors (Lipinski definition) is 1. The number of thioether (sulfide) groups is 1. The molecule has 12 heteroatoms. The smallest absolute Gasteiger partial charge is 0.336 e. The van der Waals surface area contributed by atoms with Crippen LogP contribution in [0.3, 0.4) is 0 Å². The predicted octanol–water partition coefficient (Wildman–Crippen LogP) is 6.40. The third kappa shape index (κ3) is 7.61. The standard InChI is InChI=1S/C31H31ClFN3O6S/c1-18-9-10-21(13-24(18)33)25-15-36(35-34-25)16-26(39-3)31(43-28-14-22(32)11-12-23(28)29(37)38)42-27-17-40-30(41-19(27)2)20-7-5-4-6-8-20/h4-15,19,26-27,30-31H,16-17H2,1-3H3,(H,37,38)/t19-,26+,27?,30?,31?/m1/s1. The van der Waals surface area contributed by atoms with E-state index in [-0.39, 0.29) is 30.6 Å². The van der Waals surface area contributed by atoms with E-state index in [1.54, 1.807) is 36.0 Å². The minimum Gasteiger partial charge on any atom is -0.478 e. The normalized spacial score (nSPS) is 20.1. The number of halogens is 2. The number of aromatic nitrogens is 3. The average Bonchev–Trinajstić information content (AvgIpc) is 3.47. The van der Waals surface area contributed by atoms with Crippen LogP contribution in [0.5, 0.6) is 0 Å². The minimum atomic E-state index is -1.10. The van der Waals surface area contributed by atoms with E-state index in [2.05, 4.69) is 10.3 Å². The van der Waals surface area contributed by atoms with Gasteiger partial charge in [-0.3, -0.25) is 0 Å². The third-order valence-corrected chi connectivity index (χ3v) is 8.52. The van der Waals surface area contributed by atoms with Gasteiger partial charge >= 0.3 is 5.97 Å². The van der Waals surface area contributed by atoms with Gasteiger partial charge in [0.2, 0.25) is 0 Å². The van der Waals surface area contributed by atoms with Crippen LogP contribution in [0.25, 0.3) is 11.3 Å². The molecular weight excluding hydrogens is 597 g/mol. The summed E-state index contributed by atoms with van der Waals surface area (Å²) in [6, 6.07) is 19.1. The molecule has 0 bridgehead atoms. The van der Waals surface area contributed by atoms with Crippen LogP contribution in [-0.2, 0) is 25.5 Å². The van der Waals surface area contributed by atoms with Gasteiger partial charge in [0.05, 0.1) is 31.0 Å². The van der Waals surface area contributed by atoms with Crippen LogP contribution < -0.4 is 0 Å². The highest BCUT2D eigenvalue weighted by atomic mass is 35.5. The average molecular weight is 628 g/mol. The molecule has 3 unspecified atom stereocenters. The lowest BCUT2D eigenvalue weighted by atomic mass is 10.1. The quantitative estimate of drug-likeness (QED) is 0.149. The lowest BCUT2D eigenvalue weighted by molar-refractivity contribution is -0.267. The van der Waals surface area contributed by atoms with Gasteiger partial charge in [-0.1, -0.05) is 71.0 Å². The Hall–Kier alpha value is -3.32. The molecule has 226 valence electrons. The number of aromatic carboxylic acids is 1. The van der Waals surface area contributed by atoms with Gasteiger partial charge in [-0.05, 0) is 43.7 Å². The molecule has 1 N–H and O–H groups in total. The van der Waals surface area contributed by atoms with E-state index in [9.17, 15) is 14.3 Å². The van der Waals surface area contributed by atoms with Crippen molar-refractivity contribution in [1.82, 2.24) is 15.0 Å². The van der Waals surface area contributed by atoms with E-state index in [0.717, 1.165) is 5.56 Å². The fourth-order valence-electron chi connectivity index (χ4n) is 4.56. The van der Waals surface area contributed by atoms with Gasteiger partial charge in [0.15, 0.2) is 6.29 Å². The molecule has 4 aromatic rings. The molecule has 2 heterocycles. The number of hydrogen-bond acceptors (Lipinski definition) is 8.